The molecule has 2 rings (SSSR count). The number of β-amino-alcohol motifs (C(OH)–C–C–N with tert-alkyl or cyclic N) is 1. The van der Waals surface area contributed by atoms with Gasteiger partial charge in [0, 0.05) is 13.1 Å². The third-order valence-electron chi connectivity index (χ3n) is 5.20. The van der Waals surface area contributed by atoms with E-state index >= 15 is 0 Å². The van der Waals surface area contributed by atoms with Gasteiger partial charge in [0.2, 0.25) is 0 Å². The van der Waals surface area contributed by atoms with Crippen LogP contribution in [0.5, 0.6) is 0 Å². The molecular formula is C15H26N2O. The van der Waals surface area contributed by atoms with E-state index in [1.165, 1.54) is 12.8 Å². The lowest BCUT2D eigenvalue weighted by molar-refractivity contribution is -0.0682. The van der Waals surface area contributed by atoms with Gasteiger partial charge in [-0.3, -0.25) is 0 Å². The monoisotopic (exact) mass is 250 g/mol. The molecule has 18 heavy (non-hydrogen) atoms. The van der Waals surface area contributed by atoms with Crippen LogP contribution in [0.15, 0.2) is 0 Å². The van der Waals surface area contributed by atoms with Gasteiger partial charge in [-0.2, -0.15) is 5.26 Å². The van der Waals surface area contributed by atoms with E-state index < -0.39 is 11.0 Å². The average Bonchev–Trinajstić information content (AvgIpc) is 2.72. The van der Waals surface area contributed by atoms with Gasteiger partial charge in [0.1, 0.15) is 0 Å². The highest BCUT2D eigenvalue weighted by molar-refractivity contribution is 5.15. The second-order valence-corrected chi connectivity index (χ2v) is 6.45. The first kappa shape index (κ1) is 13.8. The Balaban J connectivity index is 2.07. The van der Waals surface area contributed by atoms with Gasteiger partial charge < -0.3 is 10.0 Å². The summed E-state index contributed by atoms with van der Waals surface area (Å²) in [5.41, 5.74) is -1.25. The van der Waals surface area contributed by atoms with E-state index in [-0.39, 0.29) is 0 Å². The average molecular weight is 250 g/mol. The van der Waals surface area contributed by atoms with Crippen LogP contribution < -0.4 is 0 Å². The van der Waals surface area contributed by atoms with Crippen LogP contribution in [0.2, 0.25) is 0 Å². The number of likely N-dealkylation sites (N-methyl/N-ethyl adjacent to an activating group) is 1. The molecule has 2 fully saturated rings. The molecule has 3 nitrogen and oxygen atoms in total. The number of nitriles is 1. The maximum Gasteiger partial charge on any atom is 0.0971 e. The molecule has 102 valence electrons. The van der Waals surface area contributed by atoms with Gasteiger partial charge >= 0.3 is 0 Å². The van der Waals surface area contributed by atoms with Gasteiger partial charge in [0.15, 0.2) is 0 Å². The topological polar surface area (TPSA) is 47.3 Å². The normalized spacial score (nSPS) is 41.8. The number of hydrogen-bond acceptors (Lipinski definition) is 3. The molecule has 1 saturated carbocycles. The third kappa shape index (κ3) is 2.29. The van der Waals surface area contributed by atoms with Gasteiger partial charge in [0.05, 0.1) is 17.1 Å². The summed E-state index contributed by atoms with van der Waals surface area (Å²) in [4.78, 5) is 2.15. The standard InChI is InChI=1S/C15H26N2O/c1-3-4-13-5-7-14(11-16,8-6-13)15(18)9-10-17(2)12-15/h13,18H,3-10,12H2,1-2H3. The van der Waals surface area contributed by atoms with Gasteiger partial charge in [0.25, 0.3) is 0 Å². The van der Waals surface area contributed by atoms with E-state index in [1.54, 1.807) is 0 Å². The van der Waals surface area contributed by atoms with Crippen molar-refractivity contribution < 1.29 is 5.11 Å². The quantitative estimate of drug-likeness (QED) is 0.837. The molecule has 0 aromatic heterocycles. The Morgan fingerprint density at radius 2 is 2.00 bits per heavy atom. The van der Waals surface area contributed by atoms with Gasteiger partial charge in [-0.15, -0.1) is 0 Å². The summed E-state index contributed by atoms with van der Waals surface area (Å²) in [6.07, 6.45) is 7.28. The fourth-order valence-electron chi connectivity index (χ4n) is 3.92. The van der Waals surface area contributed by atoms with Crippen molar-refractivity contribution in [3.8, 4) is 6.07 Å². The Kier molecular flexibility index (Phi) is 3.99. The first-order valence-corrected chi connectivity index (χ1v) is 7.37. The van der Waals surface area contributed by atoms with Crippen molar-refractivity contribution in [3.63, 3.8) is 0 Å². The van der Waals surface area contributed by atoms with E-state index in [0.29, 0.717) is 6.54 Å². The van der Waals surface area contributed by atoms with Crippen molar-refractivity contribution in [1.82, 2.24) is 4.90 Å². The highest BCUT2D eigenvalue weighted by Gasteiger charge is 2.54. The minimum absolute atomic E-state index is 0.484. The fourth-order valence-corrected chi connectivity index (χ4v) is 3.92. The largest absolute Gasteiger partial charge is 0.387 e. The first-order chi connectivity index (χ1) is 8.55. The summed E-state index contributed by atoms with van der Waals surface area (Å²) in [5.74, 6) is 0.777. The van der Waals surface area contributed by atoms with Gasteiger partial charge in [-0.05, 0) is 45.1 Å². The maximum atomic E-state index is 10.9. The SMILES string of the molecule is CCCC1CCC(C#N)(C2(O)CCN(C)C2)CC1. The van der Waals surface area contributed by atoms with Crippen LogP contribution in [0.3, 0.4) is 0 Å². The summed E-state index contributed by atoms with van der Waals surface area (Å²) in [7, 11) is 2.03. The molecule has 1 atom stereocenters. The van der Waals surface area contributed by atoms with E-state index in [0.717, 1.165) is 44.6 Å². The third-order valence-corrected chi connectivity index (χ3v) is 5.20. The van der Waals surface area contributed by atoms with Crippen LogP contribution in [0.1, 0.15) is 51.9 Å². The van der Waals surface area contributed by atoms with Crippen LogP contribution in [0, 0.1) is 22.7 Å². The van der Waals surface area contributed by atoms with Crippen LogP contribution in [-0.4, -0.2) is 35.7 Å². The first-order valence-electron chi connectivity index (χ1n) is 7.37. The van der Waals surface area contributed by atoms with Crippen LogP contribution in [0.4, 0.5) is 0 Å². The summed E-state index contributed by atoms with van der Waals surface area (Å²) in [5, 5.41) is 20.5. The second kappa shape index (κ2) is 5.19. The highest BCUT2D eigenvalue weighted by atomic mass is 16.3. The van der Waals surface area contributed by atoms with Crippen molar-refractivity contribution in [1.29, 1.82) is 5.26 Å². The molecule has 1 unspecified atom stereocenters. The zero-order chi connectivity index (χ0) is 13.2. The van der Waals surface area contributed by atoms with E-state index in [1.807, 2.05) is 7.05 Å². The zero-order valence-corrected chi connectivity index (χ0v) is 11.8. The van der Waals surface area contributed by atoms with Crippen LogP contribution in [-0.2, 0) is 0 Å². The summed E-state index contributed by atoms with van der Waals surface area (Å²) >= 11 is 0. The van der Waals surface area contributed by atoms with Gasteiger partial charge in [-0.1, -0.05) is 19.8 Å². The summed E-state index contributed by atoms with van der Waals surface area (Å²) < 4.78 is 0. The molecule has 0 radical (unpaired) electrons. The Morgan fingerprint density at radius 1 is 1.33 bits per heavy atom. The molecule has 0 bridgehead atoms. The molecule has 1 saturated heterocycles. The molecule has 1 heterocycles. The Morgan fingerprint density at radius 3 is 2.44 bits per heavy atom. The second-order valence-electron chi connectivity index (χ2n) is 6.45. The number of nitrogens with zero attached hydrogens (tertiary/aromatic N) is 2. The van der Waals surface area contributed by atoms with Crippen LogP contribution >= 0.6 is 0 Å². The molecule has 3 heteroatoms. The smallest absolute Gasteiger partial charge is 0.0971 e. The Labute approximate surface area is 111 Å². The molecule has 1 aliphatic carbocycles. The lowest BCUT2D eigenvalue weighted by Crippen LogP contribution is -2.51. The van der Waals surface area contributed by atoms with Crippen molar-refractivity contribution in [3.05, 3.63) is 0 Å². The van der Waals surface area contributed by atoms with Gasteiger partial charge in [-0.25, -0.2) is 0 Å². The van der Waals surface area contributed by atoms with Crippen molar-refractivity contribution >= 4 is 0 Å². The Bertz CT molecular complexity index is 328. The Hall–Kier alpha value is -0.590. The molecule has 2 aliphatic rings. The molecule has 0 aromatic carbocycles. The number of hydrogen-bond donors (Lipinski definition) is 1. The molecular weight excluding hydrogens is 224 g/mol. The predicted molar refractivity (Wildman–Crippen MR) is 72.0 cm³/mol. The van der Waals surface area contributed by atoms with E-state index in [2.05, 4.69) is 17.9 Å². The van der Waals surface area contributed by atoms with Crippen LogP contribution in [0.25, 0.3) is 0 Å². The lowest BCUT2D eigenvalue weighted by atomic mass is 9.61. The summed E-state index contributed by atoms with van der Waals surface area (Å²) in [6.45, 7) is 3.81. The number of aliphatic hydroxyl groups is 1. The van der Waals surface area contributed by atoms with Crippen molar-refractivity contribution in [2.24, 2.45) is 11.3 Å². The predicted octanol–water partition coefficient (Wildman–Crippen LogP) is 2.55. The number of likely N-dealkylation sites (tertiary alicyclic amines) is 1. The molecule has 0 amide bonds. The molecule has 1 N–H and O–H groups in total. The molecule has 0 spiro atoms. The fraction of sp³-hybridized carbons (Fsp3) is 0.933. The molecule has 1 aliphatic heterocycles. The van der Waals surface area contributed by atoms with Crippen molar-refractivity contribution in [2.75, 3.05) is 20.1 Å². The van der Waals surface area contributed by atoms with Crippen molar-refractivity contribution in [2.45, 2.75) is 57.5 Å². The lowest BCUT2D eigenvalue weighted by Gasteiger charge is -2.44. The van der Waals surface area contributed by atoms with E-state index in [9.17, 15) is 10.4 Å². The van der Waals surface area contributed by atoms with E-state index in [4.69, 9.17) is 0 Å². The number of rotatable bonds is 3. The zero-order valence-electron chi connectivity index (χ0n) is 11.8. The minimum atomic E-state index is -0.770. The molecule has 0 aromatic rings. The highest BCUT2D eigenvalue weighted by Crippen LogP contribution is 2.50. The summed E-state index contributed by atoms with van der Waals surface area (Å²) in [6, 6.07) is 2.51. The minimum Gasteiger partial charge on any atom is -0.387 e. The maximum absolute atomic E-state index is 10.9.